The first-order valence-electron chi connectivity index (χ1n) is 6.50. The molecule has 2 unspecified atom stereocenters. The van der Waals surface area contributed by atoms with E-state index in [0.717, 1.165) is 0 Å². The summed E-state index contributed by atoms with van der Waals surface area (Å²) in [6.07, 6.45) is 0. The molecule has 1 aliphatic heterocycles. The Morgan fingerprint density at radius 3 is 2.33 bits per heavy atom. The molecule has 1 aromatic carbocycles. The monoisotopic (exact) mass is 369 g/mol. The van der Waals surface area contributed by atoms with Gasteiger partial charge in [0, 0.05) is 28.6 Å². The number of hydrogen-bond acceptors (Lipinski definition) is 4. The van der Waals surface area contributed by atoms with Crippen LogP contribution >= 0.6 is 35.0 Å². The molecule has 4 nitrogen and oxygen atoms in total. The van der Waals surface area contributed by atoms with Gasteiger partial charge < -0.3 is 5.11 Å². The van der Waals surface area contributed by atoms with Crippen LogP contribution in [0.5, 0.6) is 0 Å². The molecule has 1 N–H and O–H groups in total. The van der Waals surface area contributed by atoms with Crippen molar-refractivity contribution >= 4 is 45.0 Å². The molecule has 21 heavy (non-hydrogen) atoms. The molecule has 1 aromatic rings. The van der Waals surface area contributed by atoms with E-state index in [4.69, 9.17) is 23.2 Å². The molecule has 0 spiro atoms. The highest BCUT2D eigenvalue weighted by atomic mass is 35.5. The van der Waals surface area contributed by atoms with E-state index in [1.165, 1.54) is 16.4 Å². The van der Waals surface area contributed by atoms with E-state index >= 15 is 0 Å². The zero-order valence-corrected chi connectivity index (χ0v) is 14.9. The molecule has 8 heteroatoms. The fourth-order valence-electron chi connectivity index (χ4n) is 2.36. The van der Waals surface area contributed by atoms with Gasteiger partial charge in [0.2, 0.25) is 10.0 Å². The van der Waals surface area contributed by atoms with Crippen LogP contribution in [0.4, 0.5) is 0 Å². The van der Waals surface area contributed by atoms with E-state index in [2.05, 4.69) is 0 Å². The number of halogens is 2. The van der Waals surface area contributed by atoms with E-state index in [9.17, 15) is 13.5 Å². The third-order valence-electron chi connectivity index (χ3n) is 3.28. The van der Waals surface area contributed by atoms with E-state index in [-0.39, 0.29) is 32.0 Å². The lowest BCUT2D eigenvalue weighted by atomic mass is 10.2. The molecule has 0 aromatic heterocycles. The van der Waals surface area contributed by atoms with Crippen molar-refractivity contribution in [3.05, 3.63) is 27.7 Å². The molecule has 0 aliphatic carbocycles. The standard InChI is InChI=1S/C13H17Cl2NO3S2/c1-8-5-16(6-9(2)20-8)21(18,19)13-3-10(7-17)11(14)4-12(13)15/h3-4,8-9,17H,5-7H2,1-2H3. The van der Waals surface area contributed by atoms with Gasteiger partial charge in [0.1, 0.15) is 4.90 Å². The summed E-state index contributed by atoms with van der Waals surface area (Å²) in [6.45, 7) is 4.58. The molecule has 1 fully saturated rings. The lowest BCUT2D eigenvalue weighted by Crippen LogP contribution is -2.44. The highest BCUT2D eigenvalue weighted by molar-refractivity contribution is 8.00. The molecule has 0 bridgehead atoms. The lowest BCUT2D eigenvalue weighted by molar-refractivity contribution is 0.281. The van der Waals surface area contributed by atoms with Crippen LogP contribution < -0.4 is 0 Å². The average Bonchev–Trinajstić information content (AvgIpc) is 2.37. The minimum absolute atomic E-state index is 0.00363. The number of hydrogen-bond donors (Lipinski definition) is 1. The Kier molecular flexibility index (Phi) is 5.50. The predicted octanol–water partition coefficient (Wildman–Crippen LogP) is 3.00. The van der Waals surface area contributed by atoms with Gasteiger partial charge >= 0.3 is 0 Å². The molecular formula is C13H17Cl2NO3S2. The first kappa shape index (κ1) is 17.4. The number of sulfonamides is 1. The maximum Gasteiger partial charge on any atom is 0.244 e. The van der Waals surface area contributed by atoms with E-state index in [1.54, 1.807) is 11.8 Å². The summed E-state index contributed by atoms with van der Waals surface area (Å²) >= 11 is 13.8. The Morgan fingerprint density at radius 2 is 1.81 bits per heavy atom. The summed E-state index contributed by atoms with van der Waals surface area (Å²) in [5, 5.41) is 10.1. The normalized spacial score (nSPS) is 24.2. The molecular weight excluding hydrogens is 353 g/mol. The fourth-order valence-corrected chi connectivity index (χ4v) is 6.32. The van der Waals surface area contributed by atoms with Crippen LogP contribution in [0.15, 0.2) is 17.0 Å². The van der Waals surface area contributed by atoms with Crippen LogP contribution in [-0.2, 0) is 16.6 Å². The molecule has 1 aliphatic rings. The maximum atomic E-state index is 12.8. The van der Waals surface area contributed by atoms with Gasteiger partial charge in [-0.1, -0.05) is 37.0 Å². The van der Waals surface area contributed by atoms with Crippen LogP contribution in [0.3, 0.4) is 0 Å². The molecule has 2 atom stereocenters. The lowest BCUT2D eigenvalue weighted by Gasteiger charge is -2.33. The first-order chi connectivity index (χ1) is 9.75. The number of aliphatic hydroxyl groups is 1. The van der Waals surface area contributed by atoms with Gasteiger partial charge in [0.15, 0.2) is 0 Å². The number of benzene rings is 1. The average molecular weight is 370 g/mol. The summed E-state index contributed by atoms with van der Waals surface area (Å²) in [5.74, 6) is 0. The van der Waals surface area contributed by atoms with Gasteiger partial charge in [-0.2, -0.15) is 16.1 Å². The Bertz CT molecular complexity index is 627. The summed E-state index contributed by atoms with van der Waals surface area (Å²) in [6, 6.07) is 2.73. The van der Waals surface area contributed by atoms with Crippen LogP contribution in [0.1, 0.15) is 19.4 Å². The van der Waals surface area contributed by atoms with Crippen LogP contribution in [0.2, 0.25) is 10.0 Å². The van der Waals surface area contributed by atoms with Gasteiger partial charge in [0.05, 0.1) is 11.6 Å². The second kappa shape index (κ2) is 6.64. The van der Waals surface area contributed by atoms with E-state index < -0.39 is 10.0 Å². The van der Waals surface area contributed by atoms with Crippen molar-refractivity contribution < 1.29 is 13.5 Å². The number of aliphatic hydroxyl groups excluding tert-OH is 1. The topological polar surface area (TPSA) is 57.6 Å². The summed E-state index contributed by atoms with van der Waals surface area (Å²) in [5.41, 5.74) is 0.354. The fraction of sp³-hybridized carbons (Fsp3) is 0.538. The smallest absolute Gasteiger partial charge is 0.244 e. The zero-order valence-electron chi connectivity index (χ0n) is 11.7. The van der Waals surface area contributed by atoms with Crippen LogP contribution in [0, 0.1) is 0 Å². The second-order valence-electron chi connectivity index (χ2n) is 5.11. The first-order valence-corrected chi connectivity index (χ1v) is 9.64. The van der Waals surface area contributed by atoms with E-state index in [1.807, 2.05) is 13.8 Å². The molecule has 1 heterocycles. The Balaban J connectivity index is 2.44. The summed E-state index contributed by atoms with van der Waals surface area (Å²) in [4.78, 5) is 0.00363. The number of rotatable bonds is 3. The van der Waals surface area contributed by atoms with E-state index in [0.29, 0.717) is 18.7 Å². The number of nitrogens with zero attached hydrogens (tertiary/aromatic N) is 1. The molecule has 0 amide bonds. The van der Waals surface area contributed by atoms with Gasteiger partial charge in [-0.3, -0.25) is 0 Å². The van der Waals surface area contributed by atoms with Gasteiger partial charge in [-0.25, -0.2) is 8.42 Å². The second-order valence-corrected chi connectivity index (χ2v) is 9.71. The van der Waals surface area contributed by atoms with Crippen molar-refractivity contribution in [3.8, 4) is 0 Å². The van der Waals surface area contributed by atoms with Crippen molar-refractivity contribution in [3.63, 3.8) is 0 Å². The Hall–Kier alpha value is 0.0200. The molecule has 0 saturated carbocycles. The van der Waals surface area contributed by atoms with Crippen molar-refractivity contribution in [2.24, 2.45) is 0 Å². The van der Waals surface area contributed by atoms with Crippen LogP contribution in [-0.4, -0.2) is 41.4 Å². The maximum absolute atomic E-state index is 12.8. The van der Waals surface area contributed by atoms with Gasteiger partial charge in [-0.15, -0.1) is 0 Å². The van der Waals surface area contributed by atoms with Gasteiger partial charge in [0.25, 0.3) is 0 Å². The minimum atomic E-state index is -3.69. The Morgan fingerprint density at radius 1 is 1.24 bits per heavy atom. The zero-order chi connectivity index (χ0) is 15.8. The molecule has 0 radical (unpaired) electrons. The van der Waals surface area contributed by atoms with Crippen molar-refractivity contribution in [1.82, 2.24) is 4.31 Å². The molecule has 1 saturated heterocycles. The van der Waals surface area contributed by atoms with Gasteiger partial charge in [-0.05, 0) is 17.7 Å². The van der Waals surface area contributed by atoms with Crippen molar-refractivity contribution in [2.75, 3.05) is 13.1 Å². The van der Waals surface area contributed by atoms with Crippen LogP contribution in [0.25, 0.3) is 0 Å². The third kappa shape index (κ3) is 3.68. The minimum Gasteiger partial charge on any atom is -0.392 e. The molecule has 118 valence electrons. The van der Waals surface area contributed by atoms with Crippen molar-refractivity contribution in [2.45, 2.75) is 35.8 Å². The SMILES string of the molecule is CC1CN(S(=O)(=O)c2cc(CO)c(Cl)cc2Cl)CC(C)S1. The highest BCUT2D eigenvalue weighted by Gasteiger charge is 2.33. The molecule has 2 rings (SSSR count). The summed E-state index contributed by atoms with van der Waals surface area (Å²) < 4.78 is 27.0. The van der Waals surface area contributed by atoms with Crippen molar-refractivity contribution in [1.29, 1.82) is 0 Å². The Labute approximate surface area is 139 Å². The largest absolute Gasteiger partial charge is 0.392 e. The highest BCUT2D eigenvalue weighted by Crippen LogP contribution is 2.34. The summed E-state index contributed by atoms with van der Waals surface area (Å²) in [7, 11) is -3.69. The predicted molar refractivity (Wildman–Crippen MR) is 87.7 cm³/mol. The number of thioether (sulfide) groups is 1. The quantitative estimate of drug-likeness (QED) is 0.889. The third-order valence-corrected chi connectivity index (χ3v) is 7.15.